The van der Waals surface area contributed by atoms with E-state index < -0.39 is 11.2 Å². The van der Waals surface area contributed by atoms with Gasteiger partial charge in [0.1, 0.15) is 12.2 Å². The van der Waals surface area contributed by atoms with Gasteiger partial charge in [-0.1, -0.05) is 19.3 Å². The Balaban J connectivity index is 1.75. The van der Waals surface area contributed by atoms with Gasteiger partial charge in [0.2, 0.25) is 5.91 Å². The Labute approximate surface area is 186 Å². The van der Waals surface area contributed by atoms with Crippen LogP contribution in [0, 0.1) is 6.92 Å². The third-order valence-corrected chi connectivity index (χ3v) is 6.57. The van der Waals surface area contributed by atoms with E-state index in [1.54, 1.807) is 17.9 Å². The molecule has 2 amide bonds. The summed E-state index contributed by atoms with van der Waals surface area (Å²) in [6, 6.07) is 1.69. The third-order valence-electron chi connectivity index (χ3n) is 6.57. The Morgan fingerprint density at radius 2 is 1.72 bits per heavy atom. The first-order valence-corrected chi connectivity index (χ1v) is 11.6. The highest BCUT2D eigenvalue weighted by molar-refractivity contribution is 6.05. The highest BCUT2D eigenvalue weighted by atomic mass is 16.2. The number of rotatable bonds is 4. The molecule has 0 aromatic carbocycles. The van der Waals surface area contributed by atoms with Gasteiger partial charge in [-0.15, -0.1) is 0 Å². The van der Waals surface area contributed by atoms with Crippen molar-refractivity contribution in [2.24, 2.45) is 7.05 Å². The van der Waals surface area contributed by atoms with Crippen LogP contribution in [0.15, 0.2) is 15.7 Å². The minimum Gasteiger partial charge on any atom is -0.352 e. The highest BCUT2D eigenvalue weighted by Crippen LogP contribution is 2.19. The summed E-state index contributed by atoms with van der Waals surface area (Å²) in [7, 11) is 1.52. The van der Waals surface area contributed by atoms with Crippen LogP contribution in [0.2, 0.25) is 0 Å². The standard InChI is InChI=1S/C23H31N5O4/c1-15-13-17(21(30)27-11-7-4-8-12-27)19-20(24-15)26(2)23(32)28(22(19)31)14-18(29)25-16-9-5-3-6-10-16/h13,16H,3-12,14H2,1-2H3,(H,25,29). The molecule has 1 N–H and O–H groups in total. The monoisotopic (exact) mass is 441 g/mol. The van der Waals surface area contributed by atoms with Crippen molar-refractivity contribution < 1.29 is 9.59 Å². The van der Waals surface area contributed by atoms with Crippen LogP contribution in [0.1, 0.15) is 67.4 Å². The van der Waals surface area contributed by atoms with Crippen molar-refractivity contribution in [1.82, 2.24) is 24.3 Å². The summed E-state index contributed by atoms with van der Waals surface area (Å²) in [5.74, 6) is -0.589. The van der Waals surface area contributed by atoms with Crippen LogP contribution in [-0.2, 0) is 18.4 Å². The average Bonchev–Trinajstić information content (AvgIpc) is 2.80. The fourth-order valence-electron chi connectivity index (χ4n) is 4.84. The number of nitrogens with zero attached hydrogens (tertiary/aromatic N) is 4. The number of carbonyl (C=O) groups excluding carboxylic acids is 2. The van der Waals surface area contributed by atoms with E-state index in [9.17, 15) is 19.2 Å². The van der Waals surface area contributed by atoms with Gasteiger partial charge in [0.15, 0.2) is 0 Å². The number of aromatic nitrogens is 3. The van der Waals surface area contributed by atoms with E-state index in [4.69, 9.17) is 0 Å². The molecule has 1 saturated heterocycles. The average molecular weight is 442 g/mol. The highest BCUT2D eigenvalue weighted by Gasteiger charge is 2.26. The number of likely N-dealkylation sites (tertiary alicyclic amines) is 1. The maximum atomic E-state index is 13.4. The van der Waals surface area contributed by atoms with Crippen LogP contribution in [0.5, 0.6) is 0 Å². The largest absolute Gasteiger partial charge is 0.352 e. The van der Waals surface area contributed by atoms with Gasteiger partial charge in [-0.05, 0) is 45.1 Å². The summed E-state index contributed by atoms with van der Waals surface area (Å²) in [6.07, 6.45) is 8.05. The lowest BCUT2D eigenvalue weighted by molar-refractivity contribution is -0.122. The van der Waals surface area contributed by atoms with Crippen molar-refractivity contribution in [1.29, 1.82) is 0 Å². The minimum atomic E-state index is -0.644. The van der Waals surface area contributed by atoms with Gasteiger partial charge in [-0.25, -0.2) is 9.78 Å². The summed E-state index contributed by atoms with van der Waals surface area (Å²) in [5, 5.41) is 3.05. The molecule has 2 aromatic heterocycles. The molecule has 32 heavy (non-hydrogen) atoms. The second-order valence-electron chi connectivity index (χ2n) is 9.00. The van der Waals surface area contributed by atoms with Crippen LogP contribution in [0.25, 0.3) is 11.0 Å². The molecule has 9 heteroatoms. The molecule has 2 aromatic rings. The van der Waals surface area contributed by atoms with Gasteiger partial charge in [-0.2, -0.15) is 0 Å². The molecule has 0 spiro atoms. The van der Waals surface area contributed by atoms with Gasteiger partial charge in [-0.3, -0.25) is 23.5 Å². The number of aryl methyl sites for hydroxylation is 2. The zero-order valence-electron chi connectivity index (χ0n) is 18.9. The zero-order chi connectivity index (χ0) is 22.8. The van der Waals surface area contributed by atoms with Crippen LogP contribution in [0.3, 0.4) is 0 Å². The Bertz CT molecular complexity index is 1150. The van der Waals surface area contributed by atoms with E-state index in [1.165, 1.54) is 11.6 Å². The van der Waals surface area contributed by atoms with Gasteiger partial charge >= 0.3 is 5.69 Å². The third kappa shape index (κ3) is 4.33. The molecule has 0 unspecified atom stereocenters. The van der Waals surface area contributed by atoms with Crippen molar-refractivity contribution >= 4 is 22.8 Å². The van der Waals surface area contributed by atoms with Gasteiger partial charge < -0.3 is 10.2 Å². The minimum absolute atomic E-state index is 0.0804. The van der Waals surface area contributed by atoms with Crippen molar-refractivity contribution in [3.63, 3.8) is 0 Å². The van der Waals surface area contributed by atoms with Gasteiger partial charge in [0.05, 0.1) is 10.9 Å². The quantitative estimate of drug-likeness (QED) is 0.774. The number of hydrogen-bond donors (Lipinski definition) is 1. The van der Waals surface area contributed by atoms with Crippen molar-refractivity contribution in [2.75, 3.05) is 13.1 Å². The van der Waals surface area contributed by atoms with E-state index in [0.29, 0.717) is 18.8 Å². The van der Waals surface area contributed by atoms with Gasteiger partial charge in [0.25, 0.3) is 11.5 Å². The molecule has 1 aliphatic carbocycles. The van der Waals surface area contributed by atoms with Gasteiger partial charge in [0, 0.05) is 31.9 Å². The van der Waals surface area contributed by atoms with Crippen LogP contribution in [-0.4, -0.2) is 50.0 Å². The molecule has 2 fully saturated rings. The molecule has 1 saturated carbocycles. The lowest BCUT2D eigenvalue weighted by Gasteiger charge is -2.27. The second-order valence-corrected chi connectivity index (χ2v) is 9.00. The number of nitrogens with one attached hydrogen (secondary N) is 1. The number of fused-ring (bicyclic) bond motifs is 1. The van der Waals surface area contributed by atoms with Crippen LogP contribution >= 0.6 is 0 Å². The molecular formula is C23H31N5O4. The Hall–Kier alpha value is -2.97. The number of pyridine rings is 1. The zero-order valence-corrected chi connectivity index (χ0v) is 18.9. The second kappa shape index (κ2) is 9.26. The Morgan fingerprint density at radius 1 is 1.06 bits per heavy atom. The molecule has 0 bridgehead atoms. The Morgan fingerprint density at radius 3 is 2.41 bits per heavy atom. The summed E-state index contributed by atoms with van der Waals surface area (Å²) >= 11 is 0. The summed E-state index contributed by atoms with van der Waals surface area (Å²) in [5.41, 5.74) is -0.286. The van der Waals surface area contributed by atoms with E-state index in [-0.39, 0.29) is 41.0 Å². The lowest BCUT2D eigenvalue weighted by atomic mass is 9.95. The van der Waals surface area contributed by atoms with Crippen molar-refractivity contribution in [3.05, 3.63) is 38.2 Å². The summed E-state index contributed by atoms with van der Waals surface area (Å²) in [6.45, 7) is 2.65. The molecular weight excluding hydrogens is 410 g/mol. The number of piperidine rings is 1. The van der Waals surface area contributed by atoms with E-state index in [1.807, 2.05) is 0 Å². The summed E-state index contributed by atoms with van der Waals surface area (Å²) < 4.78 is 2.18. The summed E-state index contributed by atoms with van der Waals surface area (Å²) in [4.78, 5) is 58.4. The smallest absolute Gasteiger partial charge is 0.332 e. The van der Waals surface area contributed by atoms with E-state index in [0.717, 1.165) is 55.9 Å². The molecule has 172 valence electrons. The van der Waals surface area contributed by atoms with Crippen molar-refractivity contribution in [3.8, 4) is 0 Å². The molecule has 3 heterocycles. The molecule has 4 rings (SSSR count). The van der Waals surface area contributed by atoms with Crippen LogP contribution < -0.4 is 16.6 Å². The fraction of sp³-hybridized carbons (Fsp3) is 0.609. The van der Waals surface area contributed by atoms with E-state index in [2.05, 4.69) is 10.3 Å². The number of amides is 2. The maximum absolute atomic E-state index is 13.4. The normalized spacial score (nSPS) is 17.5. The SMILES string of the molecule is Cc1cc(C(=O)N2CCCCC2)c2c(=O)n(CC(=O)NC3CCCCC3)c(=O)n(C)c2n1. The predicted molar refractivity (Wildman–Crippen MR) is 121 cm³/mol. The Kier molecular flexibility index (Phi) is 6.43. The lowest BCUT2D eigenvalue weighted by Crippen LogP contribution is -2.46. The first-order valence-electron chi connectivity index (χ1n) is 11.6. The maximum Gasteiger partial charge on any atom is 0.332 e. The fourth-order valence-corrected chi connectivity index (χ4v) is 4.84. The molecule has 9 nitrogen and oxygen atoms in total. The molecule has 0 radical (unpaired) electrons. The number of hydrogen-bond acceptors (Lipinski definition) is 5. The first-order chi connectivity index (χ1) is 15.4. The first kappa shape index (κ1) is 22.2. The predicted octanol–water partition coefficient (Wildman–Crippen LogP) is 1.48. The topological polar surface area (TPSA) is 106 Å². The van der Waals surface area contributed by atoms with E-state index >= 15 is 0 Å². The van der Waals surface area contributed by atoms with Crippen molar-refractivity contribution in [2.45, 2.75) is 70.9 Å². The van der Waals surface area contributed by atoms with Crippen LogP contribution in [0.4, 0.5) is 0 Å². The molecule has 1 aliphatic heterocycles. The molecule has 2 aliphatic rings. The number of carbonyl (C=O) groups is 2. The molecule has 0 atom stereocenters.